The molecule has 1 aromatic carbocycles. The van der Waals surface area contributed by atoms with Gasteiger partial charge < -0.3 is 23.9 Å². The van der Waals surface area contributed by atoms with E-state index in [4.69, 9.17) is 18.6 Å². The first-order valence-corrected chi connectivity index (χ1v) is 7.85. The second-order valence-electron chi connectivity index (χ2n) is 5.20. The number of hydrogen-bond donors (Lipinski definition) is 1. The second-order valence-corrected chi connectivity index (χ2v) is 5.20. The predicted molar refractivity (Wildman–Crippen MR) is 89.2 cm³/mol. The van der Waals surface area contributed by atoms with Crippen LogP contribution in [-0.2, 0) is 20.9 Å². The maximum atomic E-state index is 11.9. The molecular formula is C18H21NO6. The van der Waals surface area contributed by atoms with E-state index in [0.29, 0.717) is 11.5 Å². The predicted octanol–water partition coefficient (Wildman–Crippen LogP) is 2.31. The molecule has 1 N–H and O–H groups in total. The number of ether oxygens (including phenoxy) is 3. The van der Waals surface area contributed by atoms with E-state index in [1.807, 2.05) is 0 Å². The van der Waals surface area contributed by atoms with E-state index in [1.165, 1.54) is 13.2 Å². The van der Waals surface area contributed by atoms with Crippen LogP contribution in [0, 0.1) is 0 Å². The number of amides is 1. The summed E-state index contributed by atoms with van der Waals surface area (Å²) < 4.78 is 20.7. The fourth-order valence-corrected chi connectivity index (χ4v) is 1.96. The van der Waals surface area contributed by atoms with Crippen molar-refractivity contribution in [3.05, 3.63) is 48.4 Å². The summed E-state index contributed by atoms with van der Waals surface area (Å²) in [6.45, 7) is 1.92. The highest BCUT2D eigenvalue weighted by atomic mass is 16.5. The first-order valence-electron chi connectivity index (χ1n) is 7.85. The summed E-state index contributed by atoms with van der Waals surface area (Å²) in [5, 5.41) is 2.63. The fraction of sp³-hybridized carbons (Fsp3) is 0.333. The van der Waals surface area contributed by atoms with E-state index in [2.05, 4.69) is 5.32 Å². The van der Waals surface area contributed by atoms with E-state index in [1.54, 1.807) is 43.5 Å². The molecule has 0 spiro atoms. The van der Waals surface area contributed by atoms with E-state index < -0.39 is 12.1 Å². The molecule has 1 heterocycles. The van der Waals surface area contributed by atoms with Crippen molar-refractivity contribution in [1.29, 1.82) is 0 Å². The minimum Gasteiger partial charge on any atom is -0.497 e. The van der Waals surface area contributed by atoms with Gasteiger partial charge in [0.15, 0.2) is 6.10 Å². The summed E-state index contributed by atoms with van der Waals surface area (Å²) >= 11 is 0. The van der Waals surface area contributed by atoms with E-state index in [0.717, 1.165) is 5.75 Å². The summed E-state index contributed by atoms with van der Waals surface area (Å²) in [4.78, 5) is 23.6. The Balaban J connectivity index is 1.65. The molecule has 2 aromatic rings. The molecule has 7 nitrogen and oxygen atoms in total. The van der Waals surface area contributed by atoms with Crippen LogP contribution in [-0.4, -0.2) is 31.7 Å². The van der Waals surface area contributed by atoms with Crippen molar-refractivity contribution in [2.45, 2.75) is 26.0 Å². The summed E-state index contributed by atoms with van der Waals surface area (Å²) in [5.41, 5.74) is 0. The standard InChI is InChI=1S/C18H21NO6/c1-13(18(21)19-12-16-4-3-10-23-16)25-17(20)9-11-24-15-7-5-14(22-2)6-8-15/h3-8,10,13H,9,11-12H2,1-2H3,(H,19,21)/t13-/m0/s1. The Morgan fingerprint density at radius 3 is 2.52 bits per heavy atom. The van der Waals surface area contributed by atoms with Crippen LogP contribution < -0.4 is 14.8 Å². The van der Waals surface area contributed by atoms with Gasteiger partial charge in [-0.05, 0) is 43.3 Å². The molecule has 0 aliphatic heterocycles. The molecular weight excluding hydrogens is 326 g/mol. The van der Waals surface area contributed by atoms with Gasteiger partial charge in [-0.3, -0.25) is 9.59 Å². The molecule has 0 saturated carbocycles. The molecule has 0 saturated heterocycles. The highest BCUT2D eigenvalue weighted by Gasteiger charge is 2.17. The van der Waals surface area contributed by atoms with E-state index >= 15 is 0 Å². The van der Waals surface area contributed by atoms with Crippen LogP contribution >= 0.6 is 0 Å². The number of hydrogen-bond acceptors (Lipinski definition) is 6. The maximum absolute atomic E-state index is 11.9. The van der Waals surface area contributed by atoms with Crippen LogP contribution in [0.5, 0.6) is 11.5 Å². The topological polar surface area (TPSA) is 87.0 Å². The number of carbonyl (C=O) groups is 2. The first kappa shape index (κ1) is 18.4. The number of esters is 1. The van der Waals surface area contributed by atoms with Crippen molar-refractivity contribution in [2.75, 3.05) is 13.7 Å². The molecule has 25 heavy (non-hydrogen) atoms. The van der Waals surface area contributed by atoms with Crippen LogP contribution in [0.4, 0.5) is 0 Å². The highest BCUT2D eigenvalue weighted by Crippen LogP contribution is 2.17. The lowest BCUT2D eigenvalue weighted by atomic mass is 10.3. The molecule has 1 aromatic heterocycles. The third-order valence-electron chi connectivity index (χ3n) is 3.33. The lowest BCUT2D eigenvalue weighted by molar-refractivity contribution is -0.155. The zero-order chi connectivity index (χ0) is 18.1. The number of benzene rings is 1. The van der Waals surface area contributed by atoms with Gasteiger partial charge in [-0.15, -0.1) is 0 Å². The van der Waals surface area contributed by atoms with Gasteiger partial charge in [0.25, 0.3) is 5.91 Å². The van der Waals surface area contributed by atoms with Gasteiger partial charge >= 0.3 is 5.97 Å². The molecule has 2 rings (SSSR count). The Hall–Kier alpha value is -2.96. The Kier molecular flexibility index (Phi) is 6.88. The Morgan fingerprint density at radius 2 is 1.88 bits per heavy atom. The lowest BCUT2D eigenvalue weighted by Gasteiger charge is -2.13. The average Bonchev–Trinajstić information content (AvgIpc) is 3.13. The monoisotopic (exact) mass is 347 g/mol. The molecule has 1 amide bonds. The number of furan rings is 1. The minimum atomic E-state index is -0.886. The van der Waals surface area contributed by atoms with Gasteiger partial charge in [-0.2, -0.15) is 0 Å². The van der Waals surface area contributed by atoms with Gasteiger partial charge in [0.2, 0.25) is 0 Å². The fourth-order valence-electron chi connectivity index (χ4n) is 1.96. The molecule has 1 atom stereocenters. The van der Waals surface area contributed by atoms with Crippen molar-refractivity contribution in [2.24, 2.45) is 0 Å². The van der Waals surface area contributed by atoms with Crippen LogP contribution in [0.1, 0.15) is 19.1 Å². The van der Waals surface area contributed by atoms with E-state index in [-0.39, 0.29) is 25.5 Å². The maximum Gasteiger partial charge on any atom is 0.310 e. The van der Waals surface area contributed by atoms with Gasteiger partial charge in [0.05, 0.1) is 32.9 Å². The SMILES string of the molecule is COc1ccc(OCCC(=O)O[C@@H](C)C(=O)NCc2ccco2)cc1. The third-order valence-corrected chi connectivity index (χ3v) is 3.33. The highest BCUT2D eigenvalue weighted by molar-refractivity contribution is 5.83. The zero-order valence-corrected chi connectivity index (χ0v) is 14.2. The van der Waals surface area contributed by atoms with Crippen molar-refractivity contribution in [3.8, 4) is 11.5 Å². The quantitative estimate of drug-likeness (QED) is 0.701. The number of carbonyl (C=O) groups excluding carboxylic acids is 2. The summed E-state index contributed by atoms with van der Waals surface area (Å²) in [6.07, 6.45) is 0.679. The third kappa shape index (κ3) is 6.21. The van der Waals surface area contributed by atoms with Gasteiger partial charge in [0.1, 0.15) is 17.3 Å². The molecule has 0 aliphatic carbocycles. The van der Waals surface area contributed by atoms with Crippen molar-refractivity contribution >= 4 is 11.9 Å². The zero-order valence-electron chi connectivity index (χ0n) is 14.2. The summed E-state index contributed by atoms with van der Waals surface area (Å²) in [6, 6.07) is 10.5. The Bertz CT molecular complexity index is 665. The van der Waals surface area contributed by atoms with Crippen LogP contribution in [0.3, 0.4) is 0 Å². The minimum absolute atomic E-state index is 0.0435. The van der Waals surface area contributed by atoms with Crippen LogP contribution in [0.15, 0.2) is 47.1 Å². The smallest absolute Gasteiger partial charge is 0.310 e. The van der Waals surface area contributed by atoms with Crippen molar-refractivity contribution in [3.63, 3.8) is 0 Å². The molecule has 0 bridgehead atoms. The molecule has 0 unspecified atom stereocenters. The molecule has 0 aliphatic rings. The number of rotatable bonds is 9. The normalized spacial score (nSPS) is 11.4. The Morgan fingerprint density at radius 1 is 1.16 bits per heavy atom. The second kappa shape index (κ2) is 9.36. The van der Waals surface area contributed by atoms with Gasteiger partial charge in [-0.25, -0.2) is 0 Å². The molecule has 0 radical (unpaired) electrons. The van der Waals surface area contributed by atoms with Crippen molar-refractivity contribution in [1.82, 2.24) is 5.32 Å². The van der Waals surface area contributed by atoms with Gasteiger partial charge in [0, 0.05) is 0 Å². The van der Waals surface area contributed by atoms with Crippen LogP contribution in [0.2, 0.25) is 0 Å². The number of nitrogens with one attached hydrogen (secondary N) is 1. The largest absolute Gasteiger partial charge is 0.497 e. The summed E-state index contributed by atoms with van der Waals surface area (Å²) in [7, 11) is 1.58. The number of methoxy groups -OCH3 is 1. The first-order chi connectivity index (χ1) is 12.1. The molecule has 134 valence electrons. The van der Waals surface area contributed by atoms with Crippen LogP contribution in [0.25, 0.3) is 0 Å². The van der Waals surface area contributed by atoms with Gasteiger partial charge in [-0.1, -0.05) is 0 Å². The summed E-state index contributed by atoms with van der Waals surface area (Å²) in [5.74, 6) is 1.08. The lowest BCUT2D eigenvalue weighted by Crippen LogP contribution is -2.35. The molecule has 7 heteroatoms. The average molecular weight is 347 g/mol. The molecule has 0 fully saturated rings. The van der Waals surface area contributed by atoms with Crippen molar-refractivity contribution < 1.29 is 28.2 Å². The Labute approximate surface area is 145 Å². The van der Waals surface area contributed by atoms with E-state index in [9.17, 15) is 9.59 Å².